The molecule has 0 aliphatic carbocycles. The normalized spacial score (nSPS) is 19.5. The number of aromatic nitrogens is 3. The van der Waals surface area contributed by atoms with Gasteiger partial charge in [-0.3, -0.25) is 4.90 Å². The van der Waals surface area contributed by atoms with Crippen LogP contribution in [0.1, 0.15) is 42.6 Å². The Bertz CT molecular complexity index is 1010. The summed E-state index contributed by atoms with van der Waals surface area (Å²) in [5.41, 5.74) is 1.11. The Morgan fingerprint density at radius 2 is 2.11 bits per heavy atom. The van der Waals surface area contributed by atoms with E-state index in [1.165, 1.54) is 16.1 Å². The zero-order chi connectivity index (χ0) is 18.2. The van der Waals surface area contributed by atoms with Crippen molar-refractivity contribution in [2.45, 2.75) is 31.7 Å². The summed E-state index contributed by atoms with van der Waals surface area (Å²) in [4.78, 5) is 8.35. The molecule has 0 radical (unpaired) electrons. The minimum absolute atomic E-state index is 0.114. The van der Waals surface area contributed by atoms with E-state index in [1.54, 1.807) is 11.3 Å². The van der Waals surface area contributed by atoms with E-state index in [1.807, 2.05) is 28.8 Å². The molecule has 4 heterocycles. The average molecular weight is 397 g/mol. The predicted octanol–water partition coefficient (Wildman–Crippen LogP) is 5.35. The van der Waals surface area contributed by atoms with E-state index >= 15 is 0 Å². The van der Waals surface area contributed by atoms with Crippen LogP contribution in [0.15, 0.2) is 46.2 Å². The van der Waals surface area contributed by atoms with Crippen LogP contribution in [0.5, 0.6) is 0 Å². The van der Waals surface area contributed by atoms with Gasteiger partial charge in [-0.25, -0.2) is 4.98 Å². The van der Waals surface area contributed by atoms with Crippen LogP contribution < -0.4 is 0 Å². The van der Waals surface area contributed by atoms with Crippen LogP contribution in [0, 0.1) is 0 Å². The maximum absolute atomic E-state index is 5.97. The fourth-order valence-corrected chi connectivity index (χ4v) is 5.42. The molecule has 2 atom stereocenters. The van der Waals surface area contributed by atoms with Crippen LogP contribution in [0.25, 0.3) is 21.0 Å². The lowest BCUT2D eigenvalue weighted by atomic mass is 9.97. The van der Waals surface area contributed by atoms with Crippen LogP contribution in [0.3, 0.4) is 0 Å². The molecule has 138 valence electrons. The summed E-state index contributed by atoms with van der Waals surface area (Å²) >= 11 is 3.45. The van der Waals surface area contributed by atoms with Gasteiger partial charge in [-0.2, -0.15) is 0 Å². The Hall–Kier alpha value is -2.09. The molecule has 1 fully saturated rings. The lowest BCUT2D eigenvalue weighted by Crippen LogP contribution is -2.36. The van der Waals surface area contributed by atoms with Gasteiger partial charge in [0.15, 0.2) is 0 Å². The standard InChI is InChI=1S/C20H20N4OS2/c1-13(18-22-23-19(25-18)17-9-5-11-26-17)24-10-4-6-14(12-24)20-21-15-7-2-3-8-16(15)27-20/h2-3,5,7-9,11,13-14H,4,6,10,12H2,1H3/t13-,14+/m1/s1. The van der Waals surface area contributed by atoms with Gasteiger partial charge >= 0.3 is 0 Å². The molecule has 0 bridgehead atoms. The van der Waals surface area contributed by atoms with Gasteiger partial charge in [-0.05, 0) is 49.9 Å². The number of hydrogen-bond acceptors (Lipinski definition) is 7. The number of thiazole rings is 1. The molecule has 0 amide bonds. The first-order valence-electron chi connectivity index (χ1n) is 9.25. The summed E-state index contributed by atoms with van der Waals surface area (Å²) in [7, 11) is 0. The van der Waals surface area contributed by atoms with Gasteiger partial charge in [-0.15, -0.1) is 32.9 Å². The van der Waals surface area contributed by atoms with Crippen molar-refractivity contribution in [3.05, 3.63) is 52.7 Å². The van der Waals surface area contributed by atoms with E-state index in [0.717, 1.165) is 29.9 Å². The Balaban J connectivity index is 1.34. The van der Waals surface area contributed by atoms with Crippen molar-refractivity contribution in [1.82, 2.24) is 20.1 Å². The molecule has 5 nitrogen and oxygen atoms in total. The fraction of sp³-hybridized carbons (Fsp3) is 0.350. The molecule has 7 heteroatoms. The highest BCUT2D eigenvalue weighted by atomic mass is 32.1. The highest BCUT2D eigenvalue weighted by Crippen LogP contribution is 2.36. The molecule has 27 heavy (non-hydrogen) atoms. The SMILES string of the molecule is C[C@H](c1nnc(-c2cccs2)o1)N1CCC[C@H](c2nc3ccccc3s2)C1. The molecule has 1 aliphatic heterocycles. The first-order chi connectivity index (χ1) is 13.3. The summed E-state index contributed by atoms with van der Waals surface area (Å²) in [6, 6.07) is 12.5. The van der Waals surface area contributed by atoms with E-state index in [4.69, 9.17) is 9.40 Å². The van der Waals surface area contributed by atoms with Gasteiger partial charge in [0.05, 0.1) is 26.1 Å². The van der Waals surface area contributed by atoms with E-state index in [0.29, 0.717) is 17.7 Å². The number of hydrogen-bond donors (Lipinski definition) is 0. The van der Waals surface area contributed by atoms with Crippen molar-refractivity contribution in [3.8, 4) is 10.8 Å². The summed E-state index contributed by atoms with van der Waals surface area (Å²) < 4.78 is 7.24. The molecule has 0 unspecified atom stereocenters. The van der Waals surface area contributed by atoms with Gasteiger partial charge in [-0.1, -0.05) is 18.2 Å². The second kappa shape index (κ2) is 7.14. The zero-order valence-electron chi connectivity index (χ0n) is 15.0. The third kappa shape index (κ3) is 3.31. The van der Waals surface area contributed by atoms with Gasteiger partial charge in [0.1, 0.15) is 0 Å². The maximum atomic E-state index is 5.97. The molecule has 1 aromatic carbocycles. The lowest BCUT2D eigenvalue weighted by molar-refractivity contribution is 0.139. The number of benzene rings is 1. The predicted molar refractivity (Wildman–Crippen MR) is 109 cm³/mol. The third-order valence-electron chi connectivity index (χ3n) is 5.19. The number of nitrogens with zero attached hydrogens (tertiary/aromatic N) is 4. The van der Waals surface area contributed by atoms with E-state index < -0.39 is 0 Å². The zero-order valence-corrected chi connectivity index (χ0v) is 16.7. The molecule has 4 aromatic rings. The number of likely N-dealkylation sites (tertiary alicyclic amines) is 1. The number of piperidine rings is 1. The Morgan fingerprint density at radius 1 is 1.19 bits per heavy atom. The quantitative estimate of drug-likeness (QED) is 0.465. The largest absolute Gasteiger partial charge is 0.418 e. The van der Waals surface area contributed by atoms with E-state index in [-0.39, 0.29) is 6.04 Å². The van der Waals surface area contributed by atoms with E-state index in [9.17, 15) is 0 Å². The van der Waals surface area contributed by atoms with Crippen LogP contribution in [-0.2, 0) is 0 Å². The number of fused-ring (bicyclic) bond motifs is 1. The van der Waals surface area contributed by atoms with Gasteiger partial charge < -0.3 is 4.42 Å². The first-order valence-corrected chi connectivity index (χ1v) is 10.9. The molecule has 3 aromatic heterocycles. The maximum Gasteiger partial charge on any atom is 0.257 e. The molecule has 5 rings (SSSR count). The first kappa shape index (κ1) is 17.0. The van der Waals surface area contributed by atoms with Crippen LogP contribution in [0.4, 0.5) is 0 Å². The highest BCUT2D eigenvalue weighted by molar-refractivity contribution is 7.18. The Kier molecular flexibility index (Phi) is 4.51. The van der Waals surface area contributed by atoms with Crippen LogP contribution in [0.2, 0.25) is 0 Å². The molecule has 1 saturated heterocycles. The number of para-hydroxylation sites is 1. The minimum Gasteiger partial charge on any atom is -0.418 e. The molecule has 0 N–H and O–H groups in total. The summed E-state index contributed by atoms with van der Waals surface area (Å²) in [5.74, 6) is 1.79. The second-order valence-electron chi connectivity index (χ2n) is 6.95. The minimum atomic E-state index is 0.114. The van der Waals surface area contributed by atoms with Crippen molar-refractivity contribution in [2.75, 3.05) is 13.1 Å². The highest BCUT2D eigenvalue weighted by Gasteiger charge is 2.29. The third-order valence-corrected chi connectivity index (χ3v) is 7.25. The fourth-order valence-electron chi connectivity index (χ4n) is 3.68. The van der Waals surface area contributed by atoms with Gasteiger partial charge in [0, 0.05) is 12.5 Å². The molecular weight excluding hydrogens is 376 g/mol. The number of thiophene rings is 1. The molecule has 0 spiro atoms. The van der Waals surface area contributed by atoms with Crippen molar-refractivity contribution in [1.29, 1.82) is 0 Å². The Morgan fingerprint density at radius 3 is 2.96 bits per heavy atom. The van der Waals surface area contributed by atoms with Crippen LogP contribution in [-0.4, -0.2) is 33.2 Å². The van der Waals surface area contributed by atoms with E-state index in [2.05, 4.69) is 46.3 Å². The van der Waals surface area contributed by atoms with Crippen LogP contribution >= 0.6 is 22.7 Å². The summed E-state index contributed by atoms with van der Waals surface area (Å²) in [5, 5.41) is 11.8. The Labute approximate surface area is 165 Å². The topological polar surface area (TPSA) is 55.1 Å². The van der Waals surface area contributed by atoms with Crippen molar-refractivity contribution in [3.63, 3.8) is 0 Å². The summed E-state index contributed by atoms with van der Waals surface area (Å²) in [6.45, 7) is 4.20. The number of rotatable bonds is 4. The molecule has 1 aliphatic rings. The lowest BCUT2D eigenvalue weighted by Gasteiger charge is -2.34. The van der Waals surface area contributed by atoms with Gasteiger partial charge in [0.2, 0.25) is 5.89 Å². The van der Waals surface area contributed by atoms with Gasteiger partial charge in [0.25, 0.3) is 5.89 Å². The van der Waals surface area contributed by atoms with Crippen molar-refractivity contribution < 1.29 is 4.42 Å². The van der Waals surface area contributed by atoms with Crippen molar-refractivity contribution >= 4 is 32.9 Å². The smallest absolute Gasteiger partial charge is 0.257 e. The van der Waals surface area contributed by atoms with Crippen molar-refractivity contribution in [2.24, 2.45) is 0 Å². The monoisotopic (exact) mass is 396 g/mol. The molecule has 0 saturated carbocycles. The molecular formula is C20H20N4OS2. The summed E-state index contributed by atoms with van der Waals surface area (Å²) in [6.07, 6.45) is 2.35. The second-order valence-corrected chi connectivity index (χ2v) is 8.96. The average Bonchev–Trinajstić information content (AvgIpc) is 3.47.